The number of nitrogens with zero attached hydrogens (tertiary/aromatic N) is 4. The van der Waals surface area contributed by atoms with Crippen LogP contribution in [-0.2, 0) is 13.6 Å². The summed E-state index contributed by atoms with van der Waals surface area (Å²) in [7, 11) is 3.63. The molecule has 0 aliphatic carbocycles. The van der Waals surface area contributed by atoms with E-state index in [0.717, 1.165) is 48.0 Å². The summed E-state index contributed by atoms with van der Waals surface area (Å²) < 4.78 is 13.3. The Morgan fingerprint density at radius 1 is 1.33 bits per heavy atom. The molecular formula is C18H22N4O2. The SMILES string of the molecule is COc1c([C@@H]2CCCN2Cc2nc3ccccc3o2)c(C)nn1C. The van der Waals surface area contributed by atoms with Crippen LogP contribution >= 0.6 is 0 Å². The molecule has 4 rings (SSSR count). The first-order valence-corrected chi connectivity index (χ1v) is 8.33. The summed E-state index contributed by atoms with van der Waals surface area (Å²) in [6, 6.07) is 8.19. The molecule has 6 nitrogen and oxygen atoms in total. The average molecular weight is 326 g/mol. The Morgan fingerprint density at radius 2 is 2.17 bits per heavy atom. The monoisotopic (exact) mass is 326 g/mol. The minimum Gasteiger partial charge on any atom is -0.481 e. The van der Waals surface area contributed by atoms with Gasteiger partial charge in [-0.1, -0.05) is 12.1 Å². The molecule has 0 saturated carbocycles. The fraction of sp³-hybridized carbons (Fsp3) is 0.444. The zero-order chi connectivity index (χ0) is 16.7. The van der Waals surface area contributed by atoms with Crippen molar-refractivity contribution in [3.8, 4) is 5.88 Å². The summed E-state index contributed by atoms with van der Waals surface area (Å²) in [5.41, 5.74) is 3.98. The third kappa shape index (κ3) is 2.47. The molecule has 1 aliphatic heterocycles. The van der Waals surface area contributed by atoms with Gasteiger partial charge in [-0.2, -0.15) is 5.10 Å². The van der Waals surface area contributed by atoms with Crippen LogP contribution in [0.5, 0.6) is 5.88 Å². The second-order valence-corrected chi connectivity index (χ2v) is 6.34. The van der Waals surface area contributed by atoms with Crippen molar-refractivity contribution in [2.45, 2.75) is 32.4 Å². The van der Waals surface area contributed by atoms with Crippen LogP contribution in [-0.4, -0.2) is 33.3 Å². The first-order chi connectivity index (χ1) is 11.7. The van der Waals surface area contributed by atoms with Gasteiger partial charge in [0.1, 0.15) is 5.52 Å². The Labute approximate surface area is 141 Å². The minimum atomic E-state index is 0.295. The normalized spacial score (nSPS) is 18.5. The van der Waals surface area contributed by atoms with Crippen LogP contribution in [0.3, 0.4) is 0 Å². The van der Waals surface area contributed by atoms with E-state index in [4.69, 9.17) is 9.15 Å². The summed E-state index contributed by atoms with van der Waals surface area (Å²) in [6.45, 7) is 3.78. The topological polar surface area (TPSA) is 56.3 Å². The van der Waals surface area contributed by atoms with E-state index in [0.29, 0.717) is 12.6 Å². The van der Waals surface area contributed by atoms with E-state index in [1.807, 2.05) is 42.9 Å². The molecule has 1 fully saturated rings. The van der Waals surface area contributed by atoms with Crippen LogP contribution in [0.4, 0.5) is 0 Å². The van der Waals surface area contributed by atoms with E-state index in [9.17, 15) is 0 Å². The number of likely N-dealkylation sites (tertiary alicyclic amines) is 1. The smallest absolute Gasteiger partial charge is 0.216 e. The van der Waals surface area contributed by atoms with Gasteiger partial charge in [-0.05, 0) is 38.4 Å². The van der Waals surface area contributed by atoms with Gasteiger partial charge in [0.25, 0.3) is 0 Å². The summed E-state index contributed by atoms with van der Waals surface area (Å²) in [4.78, 5) is 7.03. The van der Waals surface area contributed by atoms with Crippen LogP contribution in [0.25, 0.3) is 11.1 Å². The largest absolute Gasteiger partial charge is 0.481 e. The van der Waals surface area contributed by atoms with Crippen molar-refractivity contribution in [3.63, 3.8) is 0 Å². The Balaban J connectivity index is 1.63. The zero-order valence-corrected chi connectivity index (χ0v) is 14.3. The molecule has 1 atom stereocenters. The molecule has 0 amide bonds. The van der Waals surface area contributed by atoms with Crippen molar-refractivity contribution in [2.75, 3.05) is 13.7 Å². The standard InChI is InChI=1S/C18H22N4O2/c1-12-17(18(23-3)21(2)20-12)14-8-6-10-22(14)11-16-19-13-7-4-5-9-15(13)24-16/h4-5,7,9,14H,6,8,10-11H2,1-3H3/t14-/m0/s1. The van der Waals surface area contributed by atoms with Gasteiger partial charge in [0, 0.05) is 13.1 Å². The summed E-state index contributed by atoms with van der Waals surface area (Å²) in [5.74, 6) is 1.62. The van der Waals surface area contributed by atoms with Gasteiger partial charge >= 0.3 is 0 Å². The fourth-order valence-electron chi connectivity index (χ4n) is 3.78. The van der Waals surface area contributed by atoms with Gasteiger partial charge in [0.15, 0.2) is 5.58 Å². The Morgan fingerprint density at radius 3 is 2.96 bits per heavy atom. The Kier molecular flexibility index (Phi) is 3.76. The first kappa shape index (κ1) is 15.2. The third-order valence-corrected chi connectivity index (χ3v) is 4.78. The Hall–Kier alpha value is -2.34. The second-order valence-electron chi connectivity index (χ2n) is 6.34. The molecule has 3 heterocycles. The number of fused-ring (bicyclic) bond motifs is 1. The molecule has 1 saturated heterocycles. The van der Waals surface area contributed by atoms with E-state index >= 15 is 0 Å². The van der Waals surface area contributed by atoms with Crippen LogP contribution < -0.4 is 4.74 Å². The average Bonchev–Trinajstić information content (AvgIpc) is 3.24. The summed E-state index contributed by atoms with van der Waals surface area (Å²) >= 11 is 0. The number of para-hydroxylation sites is 2. The van der Waals surface area contributed by atoms with E-state index in [1.54, 1.807) is 7.11 Å². The lowest BCUT2D eigenvalue weighted by Crippen LogP contribution is -2.23. The van der Waals surface area contributed by atoms with E-state index in [2.05, 4.69) is 15.0 Å². The number of aryl methyl sites for hydroxylation is 2. The number of ether oxygens (including phenoxy) is 1. The molecular weight excluding hydrogens is 304 g/mol. The molecule has 2 aromatic heterocycles. The lowest BCUT2D eigenvalue weighted by Gasteiger charge is -2.23. The third-order valence-electron chi connectivity index (χ3n) is 4.78. The Bertz CT molecular complexity index is 834. The number of methoxy groups -OCH3 is 1. The van der Waals surface area contributed by atoms with Crippen LogP contribution in [0.15, 0.2) is 28.7 Å². The van der Waals surface area contributed by atoms with Crippen molar-refractivity contribution in [3.05, 3.63) is 41.4 Å². The van der Waals surface area contributed by atoms with Gasteiger partial charge in [-0.25, -0.2) is 9.67 Å². The molecule has 1 aliphatic rings. The fourth-order valence-corrected chi connectivity index (χ4v) is 3.78. The predicted octanol–water partition coefficient (Wildman–Crippen LogP) is 3.22. The van der Waals surface area contributed by atoms with E-state index in [-0.39, 0.29) is 0 Å². The number of aromatic nitrogens is 3. The maximum Gasteiger partial charge on any atom is 0.216 e. The zero-order valence-electron chi connectivity index (χ0n) is 14.3. The molecule has 6 heteroatoms. The molecule has 1 aromatic carbocycles. The highest BCUT2D eigenvalue weighted by atomic mass is 16.5. The van der Waals surface area contributed by atoms with Gasteiger partial charge < -0.3 is 9.15 Å². The quantitative estimate of drug-likeness (QED) is 0.737. The van der Waals surface area contributed by atoms with Gasteiger partial charge in [-0.3, -0.25) is 4.90 Å². The lowest BCUT2D eigenvalue weighted by atomic mass is 10.1. The minimum absolute atomic E-state index is 0.295. The summed E-state index contributed by atoms with van der Waals surface area (Å²) in [6.07, 6.45) is 2.26. The van der Waals surface area contributed by atoms with Crippen LogP contribution in [0, 0.1) is 6.92 Å². The first-order valence-electron chi connectivity index (χ1n) is 8.33. The number of hydrogen-bond donors (Lipinski definition) is 0. The second kappa shape index (κ2) is 5.94. The van der Waals surface area contributed by atoms with Crippen molar-refractivity contribution < 1.29 is 9.15 Å². The van der Waals surface area contributed by atoms with Crippen LogP contribution in [0.2, 0.25) is 0 Å². The molecule has 0 spiro atoms. The highest BCUT2D eigenvalue weighted by molar-refractivity contribution is 5.72. The molecule has 3 aromatic rings. The maximum atomic E-state index is 5.90. The highest BCUT2D eigenvalue weighted by Crippen LogP contribution is 2.39. The van der Waals surface area contributed by atoms with Crippen molar-refractivity contribution in [2.24, 2.45) is 7.05 Å². The summed E-state index contributed by atoms with van der Waals surface area (Å²) in [5, 5.41) is 4.53. The lowest BCUT2D eigenvalue weighted by molar-refractivity contribution is 0.220. The molecule has 24 heavy (non-hydrogen) atoms. The molecule has 0 N–H and O–H groups in total. The van der Waals surface area contributed by atoms with Gasteiger partial charge in [0.2, 0.25) is 11.8 Å². The van der Waals surface area contributed by atoms with Crippen LogP contribution in [0.1, 0.15) is 36.0 Å². The number of oxazole rings is 1. The predicted molar refractivity (Wildman–Crippen MR) is 90.9 cm³/mol. The van der Waals surface area contributed by atoms with Gasteiger partial charge in [0.05, 0.1) is 24.9 Å². The number of hydrogen-bond acceptors (Lipinski definition) is 5. The van der Waals surface area contributed by atoms with E-state index in [1.165, 1.54) is 5.56 Å². The molecule has 0 bridgehead atoms. The molecule has 0 radical (unpaired) electrons. The number of rotatable bonds is 4. The van der Waals surface area contributed by atoms with Crippen molar-refractivity contribution in [1.29, 1.82) is 0 Å². The molecule has 0 unspecified atom stereocenters. The maximum absolute atomic E-state index is 5.90. The highest BCUT2D eigenvalue weighted by Gasteiger charge is 2.33. The van der Waals surface area contributed by atoms with Crippen molar-refractivity contribution in [1.82, 2.24) is 19.7 Å². The van der Waals surface area contributed by atoms with Crippen molar-refractivity contribution >= 4 is 11.1 Å². The molecule has 126 valence electrons. The number of benzene rings is 1. The van der Waals surface area contributed by atoms with Gasteiger partial charge in [-0.15, -0.1) is 0 Å². The van der Waals surface area contributed by atoms with E-state index < -0.39 is 0 Å².